The highest BCUT2D eigenvalue weighted by molar-refractivity contribution is 7.10. The summed E-state index contributed by atoms with van der Waals surface area (Å²) in [5, 5.41) is 16.4. The van der Waals surface area contributed by atoms with Crippen molar-refractivity contribution in [3.63, 3.8) is 0 Å². The van der Waals surface area contributed by atoms with Gasteiger partial charge in [-0.2, -0.15) is 0 Å². The molecule has 2 N–H and O–H groups in total. The maximum atomic E-state index is 13.4. The van der Waals surface area contributed by atoms with Gasteiger partial charge in [0.25, 0.3) is 0 Å². The summed E-state index contributed by atoms with van der Waals surface area (Å²) in [4.78, 5) is 31.0. The zero-order chi connectivity index (χ0) is 20.4. The van der Waals surface area contributed by atoms with Crippen LogP contribution in [-0.2, 0) is 9.53 Å². The van der Waals surface area contributed by atoms with Crippen molar-refractivity contribution in [3.8, 4) is 0 Å². The number of hydrogen-bond donors (Lipinski definition) is 2. The molecule has 2 aliphatic heterocycles. The van der Waals surface area contributed by atoms with E-state index in [0.717, 1.165) is 30.6 Å². The van der Waals surface area contributed by atoms with Crippen molar-refractivity contribution in [3.05, 3.63) is 22.4 Å². The van der Waals surface area contributed by atoms with E-state index in [-0.39, 0.29) is 23.9 Å². The van der Waals surface area contributed by atoms with E-state index in [4.69, 9.17) is 4.74 Å². The van der Waals surface area contributed by atoms with Crippen LogP contribution in [0.2, 0.25) is 0 Å². The van der Waals surface area contributed by atoms with Gasteiger partial charge in [0.15, 0.2) is 0 Å². The second kappa shape index (κ2) is 8.62. The maximum absolute atomic E-state index is 13.4. The summed E-state index contributed by atoms with van der Waals surface area (Å²) in [5.41, 5.74) is -1.08. The van der Waals surface area contributed by atoms with E-state index < -0.39 is 11.6 Å². The molecule has 3 aliphatic rings. The van der Waals surface area contributed by atoms with Gasteiger partial charge in [0.2, 0.25) is 5.91 Å². The van der Waals surface area contributed by atoms with E-state index in [9.17, 15) is 14.7 Å². The first-order chi connectivity index (χ1) is 14.0. The van der Waals surface area contributed by atoms with Gasteiger partial charge in [-0.1, -0.05) is 18.9 Å². The van der Waals surface area contributed by atoms with Crippen molar-refractivity contribution < 1.29 is 19.4 Å². The zero-order valence-corrected chi connectivity index (χ0v) is 17.8. The number of amides is 3. The first-order valence-electron chi connectivity index (χ1n) is 10.7. The topological polar surface area (TPSA) is 82.1 Å². The number of likely N-dealkylation sites (tertiary alicyclic amines) is 1. The van der Waals surface area contributed by atoms with Crippen LogP contribution in [0.5, 0.6) is 0 Å². The summed E-state index contributed by atoms with van der Waals surface area (Å²) in [6.45, 7) is 4.47. The van der Waals surface area contributed by atoms with E-state index in [2.05, 4.69) is 5.32 Å². The summed E-state index contributed by atoms with van der Waals surface area (Å²) >= 11 is 1.56. The summed E-state index contributed by atoms with van der Waals surface area (Å²) in [7, 11) is 0. The van der Waals surface area contributed by atoms with Crippen molar-refractivity contribution in [2.75, 3.05) is 32.8 Å². The van der Waals surface area contributed by atoms with E-state index in [1.807, 2.05) is 27.3 Å². The fourth-order valence-electron chi connectivity index (χ4n) is 4.78. The monoisotopic (exact) mass is 421 g/mol. The van der Waals surface area contributed by atoms with Crippen LogP contribution < -0.4 is 5.32 Å². The second-order valence-corrected chi connectivity index (χ2v) is 9.59. The summed E-state index contributed by atoms with van der Waals surface area (Å²) in [5.74, 6) is 0.0232. The highest BCUT2D eigenvalue weighted by Gasteiger charge is 2.49. The van der Waals surface area contributed by atoms with Gasteiger partial charge in [-0.15, -0.1) is 11.3 Å². The number of nitrogens with zero attached hydrogens (tertiary/aromatic N) is 2. The van der Waals surface area contributed by atoms with Crippen molar-refractivity contribution in [2.45, 2.75) is 56.7 Å². The maximum Gasteiger partial charge on any atom is 0.320 e. The van der Waals surface area contributed by atoms with Gasteiger partial charge in [-0.3, -0.25) is 4.79 Å². The van der Waals surface area contributed by atoms with Crippen LogP contribution in [0.4, 0.5) is 4.79 Å². The number of carbonyl (C=O) groups excluding carboxylic acids is 2. The predicted molar refractivity (Wildman–Crippen MR) is 111 cm³/mol. The largest absolute Gasteiger partial charge is 0.388 e. The van der Waals surface area contributed by atoms with Gasteiger partial charge in [0.1, 0.15) is 0 Å². The number of aliphatic hydroxyl groups is 1. The van der Waals surface area contributed by atoms with E-state index in [0.29, 0.717) is 39.3 Å². The van der Waals surface area contributed by atoms with Gasteiger partial charge in [0, 0.05) is 30.4 Å². The first-order valence-corrected chi connectivity index (χ1v) is 11.5. The molecule has 3 atom stereocenters. The quantitative estimate of drug-likeness (QED) is 0.785. The Morgan fingerprint density at radius 3 is 2.62 bits per heavy atom. The molecule has 0 radical (unpaired) electrons. The molecule has 1 aliphatic carbocycles. The van der Waals surface area contributed by atoms with Gasteiger partial charge in [0.05, 0.1) is 30.9 Å². The normalized spacial score (nSPS) is 31.1. The van der Waals surface area contributed by atoms with Gasteiger partial charge in [-0.05, 0) is 37.6 Å². The number of ether oxygens (including phenoxy) is 1. The third kappa shape index (κ3) is 4.29. The molecule has 29 heavy (non-hydrogen) atoms. The lowest BCUT2D eigenvalue weighted by Crippen LogP contribution is -2.65. The lowest BCUT2D eigenvalue weighted by atomic mass is 9.81. The number of urea groups is 1. The number of thiophene rings is 1. The molecular formula is C21H31N3O4S. The minimum Gasteiger partial charge on any atom is -0.388 e. The van der Waals surface area contributed by atoms with Crippen LogP contribution in [0.25, 0.3) is 0 Å². The average Bonchev–Trinajstić information content (AvgIpc) is 3.43. The molecule has 1 saturated carbocycles. The molecule has 3 fully saturated rings. The third-order valence-corrected chi connectivity index (χ3v) is 7.51. The molecule has 2 saturated heterocycles. The number of morpholine rings is 1. The van der Waals surface area contributed by atoms with Gasteiger partial charge >= 0.3 is 6.03 Å². The molecule has 1 aromatic rings. The van der Waals surface area contributed by atoms with Crippen LogP contribution in [-0.4, -0.2) is 71.3 Å². The molecule has 0 spiro atoms. The predicted octanol–water partition coefficient (Wildman–Crippen LogP) is 2.37. The lowest BCUT2D eigenvalue weighted by Gasteiger charge is -2.50. The Hall–Kier alpha value is -1.64. The molecule has 4 rings (SSSR count). The Morgan fingerprint density at radius 2 is 1.97 bits per heavy atom. The van der Waals surface area contributed by atoms with Gasteiger partial charge < -0.3 is 25.0 Å². The van der Waals surface area contributed by atoms with Crippen molar-refractivity contribution in [1.82, 2.24) is 15.1 Å². The smallest absolute Gasteiger partial charge is 0.320 e. The molecule has 3 heterocycles. The lowest BCUT2D eigenvalue weighted by molar-refractivity contribution is -0.131. The Labute approximate surface area is 176 Å². The summed E-state index contributed by atoms with van der Waals surface area (Å²) in [6, 6.07) is 3.00. The van der Waals surface area contributed by atoms with Crippen LogP contribution >= 0.6 is 11.3 Å². The Morgan fingerprint density at radius 1 is 1.24 bits per heavy atom. The second-order valence-electron chi connectivity index (χ2n) is 8.61. The standard InChI is InChI=1S/C21H31N3O4S/c1-21(27)8-9-24(20(26)23-10-12-28-13-11-23)17(16-7-4-14-29-16)18(21)22-19(25)15-5-2-3-6-15/h4,7,14-15,17-18,27H,2-3,5-6,8-13H2,1H3,(H,22,25). The highest BCUT2D eigenvalue weighted by Crippen LogP contribution is 2.40. The number of nitrogens with one attached hydrogen (secondary N) is 1. The first kappa shape index (κ1) is 20.6. The molecule has 0 bridgehead atoms. The fourth-order valence-corrected chi connectivity index (χ4v) is 5.66. The van der Waals surface area contributed by atoms with Crippen LogP contribution in [0, 0.1) is 5.92 Å². The molecule has 1 aromatic heterocycles. The molecular weight excluding hydrogens is 390 g/mol. The SMILES string of the molecule is CC1(O)CCN(C(=O)N2CCOCC2)C(c2cccs2)C1NC(=O)C1CCCC1. The number of carbonyl (C=O) groups is 2. The van der Waals surface area contributed by atoms with Gasteiger partial charge in [-0.25, -0.2) is 4.79 Å². The number of rotatable bonds is 3. The fraction of sp³-hybridized carbons (Fsp3) is 0.714. The molecule has 0 aromatic carbocycles. The number of piperidine rings is 1. The number of hydrogen-bond acceptors (Lipinski definition) is 5. The van der Waals surface area contributed by atoms with E-state index >= 15 is 0 Å². The van der Waals surface area contributed by atoms with Crippen LogP contribution in [0.1, 0.15) is 49.9 Å². The van der Waals surface area contributed by atoms with Crippen molar-refractivity contribution in [2.24, 2.45) is 5.92 Å². The Kier molecular flexibility index (Phi) is 6.13. The minimum absolute atomic E-state index is 0.00926. The van der Waals surface area contributed by atoms with Crippen LogP contribution in [0.3, 0.4) is 0 Å². The third-order valence-electron chi connectivity index (χ3n) is 6.57. The average molecular weight is 422 g/mol. The summed E-state index contributed by atoms with van der Waals surface area (Å²) in [6.07, 6.45) is 4.40. The molecule has 8 heteroatoms. The minimum atomic E-state index is -1.08. The summed E-state index contributed by atoms with van der Waals surface area (Å²) < 4.78 is 5.39. The Balaban J connectivity index is 1.61. The van der Waals surface area contributed by atoms with E-state index in [1.165, 1.54) is 0 Å². The molecule has 160 valence electrons. The van der Waals surface area contributed by atoms with Crippen LogP contribution in [0.15, 0.2) is 17.5 Å². The van der Waals surface area contributed by atoms with E-state index in [1.54, 1.807) is 18.3 Å². The molecule has 3 amide bonds. The molecule has 7 nitrogen and oxygen atoms in total. The zero-order valence-electron chi connectivity index (χ0n) is 17.0. The molecule has 3 unspecified atom stereocenters. The highest BCUT2D eigenvalue weighted by atomic mass is 32.1. The van der Waals surface area contributed by atoms with Crippen molar-refractivity contribution >= 4 is 23.3 Å². The Bertz CT molecular complexity index is 712. The van der Waals surface area contributed by atoms with Crippen molar-refractivity contribution in [1.29, 1.82) is 0 Å².